The summed E-state index contributed by atoms with van der Waals surface area (Å²) < 4.78 is 17.9. The van der Waals surface area contributed by atoms with Crippen LogP contribution in [0.5, 0.6) is 23.1 Å². The van der Waals surface area contributed by atoms with E-state index in [-0.39, 0.29) is 12.7 Å². The van der Waals surface area contributed by atoms with E-state index < -0.39 is 5.91 Å². The molecule has 1 aromatic heterocycles. The van der Waals surface area contributed by atoms with Gasteiger partial charge in [0.25, 0.3) is 5.91 Å². The van der Waals surface area contributed by atoms with Crippen molar-refractivity contribution in [1.29, 1.82) is 0 Å². The number of benzene rings is 2. The molecule has 0 atom stereocenters. The highest BCUT2D eigenvalue weighted by atomic mass is 32.1. The van der Waals surface area contributed by atoms with Crippen molar-refractivity contribution in [3.8, 4) is 28.8 Å². The third-order valence-electron chi connectivity index (χ3n) is 4.73. The van der Waals surface area contributed by atoms with Crippen LogP contribution in [0.25, 0.3) is 17.8 Å². The van der Waals surface area contributed by atoms with Gasteiger partial charge in [-0.25, -0.2) is 4.99 Å². The topological polar surface area (TPSA) is 82.3 Å². The second-order valence-electron chi connectivity index (χ2n) is 6.51. The van der Waals surface area contributed by atoms with E-state index in [2.05, 4.69) is 4.99 Å². The molecule has 0 fully saturated rings. The van der Waals surface area contributed by atoms with E-state index in [1.807, 2.05) is 0 Å². The summed E-state index contributed by atoms with van der Waals surface area (Å²) in [6, 6.07) is 10.6. The maximum absolute atomic E-state index is 12.5. The van der Waals surface area contributed by atoms with Crippen LogP contribution in [-0.4, -0.2) is 29.5 Å². The molecule has 0 saturated carbocycles. The molecule has 3 aromatic rings. The van der Waals surface area contributed by atoms with Crippen LogP contribution >= 0.6 is 23.6 Å². The zero-order valence-electron chi connectivity index (χ0n) is 15.6. The molecule has 0 bridgehead atoms. The standard InChI is InChI=1S/C21H14N2O5S2/c1-26-14-4-2-13(3-5-14)23-20(25)18(30-21(23)29)8-12-6-11-7-16-17(28-10-27-16)9-15(11)22-19(12)24/h2-9,25H,10H2,1H3/b12-8-. The summed E-state index contributed by atoms with van der Waals surface area (Å²) in [7, 11) is 1.58. The highest BCUT2D eigenvalue weighted by Crippen LogP contribution is 2.33. The van der Waals surface area contributed by atoms with E-state index >= 15 is 0 Å². The molecule has 7 nitrogen and oxygen atoms in total. The first-order chi connectivity index (χ1) is 14.5. The monoisotopic (exact) mass is 438 g/mol. The Bertz CT molecular complexity index is 1400. The smallest absolute Gasteiger partial charge is 0.277 e. The van der Waals surface area contributed by atoms with Crippen LogP contribution in [0.1, 0.15) is 4.88 Å². The predicted octanol–water partition coefficient (Wildman–Crippen LogP) is 2.74. The van der Waals surface area contributed by atoms with Gasteiger partial charge in [-0.1, -0.05) is 0 Å². The van der Waals surface area contributed by atoms with Crippen molar-refractivity contribution in [2.75, 3.05) is 13.9 Å². The van der Waals surface area contributed by atoms with Crippen LogP contribution in [0, 0.1) is 3.95 Å². The number of carbonyl (C=O) groups excluding carboxylic acids is 1. The molecule has 3 heterocycles. The Morgan fingerprint density at radius 1 is 1.23 bits per heavy atom. The fourth-order valence-electron chi connectivity index (χ4n) is 3.24. The molecule has 2 aliphatic rings. The molecule has 0 unspecified atom stereocenters. The maximum Gasteiger partial charge on any atom is 0.277 e. The SMILES string of the molecule is COc1ccc(-n2c(O)c(/C=C3/C=c4cc5c(cc4=NC3=O)OCO5)sc2=S)cc1. The van der Waals surface area contributed by atoms with E-state index in [1.165, 1.54) is 11.3 Å². The average molecular weight is 438 g/mol. The lowest BCUT2D eigenvalue weighted by Crippen LogP contribution is -2.30. The zero-order chi connectivity index (χ0) is 20.8. The van der Waals surface area contributed by atoms with Gasteiger partial charge >= 0.3 is 0 Å². The lowest BCUT2D eigenvalue weighted by Gasteiger charge is -2.06. The number of carbonyl (C=O) groups is 1. The van der Waals surface area contributed by atoms with Crippen LogP contribution in [0.2, 0.25) is 0 Å². The number of ether oxygens (including phenoxy) is 3. The summed E-state index contributed by atoms with van der Waals surface area (Å²) in [5.41, 5.74) is 1.04. The predicted molar refractivity (Wildman–Crippen MR) is 113 cm³/mol. The summed E-state index contributed by atoms with van der Waals surface area (Å²) in [6.45, 7) is 0.144. The van der Waals surface area contributed by atoms with Gasteiger partial charge in [-0.3, -0.25) is 9.36 Å². The van der Waals surface area contributed by atoms with Gasteiger partial charge < -0.3 is 19.3 Å². The Hall–Kier alpha value is -3.43. The van der Waals surface area contributed by atoms with Crippen molar-refractivity contribution in [3.05, 3.63) is 61.4 Å². The van der Waals surface area contributed by atoms with E-state index in [4.69, 9.17) is 26.4 Å². The zero-order valence-corrected chi connectivity index (χ0v) is 17.3. The van der Waals surface area contributed by atoms with Gasteiger partial charge in [0.1, 0.15) is 5.75 Å². The van der Waals surface area contributed by atoms with Gasteiger partial charge in [-0.15, -0.1) is 11.3 Å². The molecule has 0 spiro atoms. The number of hydrogen-bond donors (Lipinski definition) is 1. The molecule has 2 aromatic carbocycles. The molecule has 30 heavy (non-hydrogen) atoms. The minimum atomic E-state index is -0.406. The van der Waals surface area contributed by atoms with E-state index in [1.54, 1.807) is 60.2 Å². The van der Waals surface area contributed by atoms with Crippen molar-refractivity contribution >= 4 is 41.6 Å². The number of methoxy groups -OCH3 is 1. The van der Waals surface area contributed by atoms with Gasteiger partial charge in [0, 0.05) is 16.9 Å². The summed E-state index contributed by atoms with van der Waals surface area (Å²) in [5.74, 6) is 1.43. The number of nitrogens with zero attached hydrogens (tertiary/aromatic N) is 2. The van der Waals surface area contributed by atoms with Crippen LogP contribution in [0.15, 0.2) is 47.0 Å². The number of amides is 1. The normalized spacial score (nSPS) is 15.5. The van der Waals surface area contributed by atoms with Gasteiger partial charge in [0.05, 0.1) is 23.0 Å². The Labute approximate surface area is 179 Å². The fraction of sp³-hybridized carbons (Fsp3) is 0.0952. The van der Waals surface area contributed by atoms with Crippen molar-refractivity contribution in [3.63, 3.8) is 0 Å². The Morgan fingerprint density at radius 3 is 2.70 bits per heavy atom. The third kappa shape index (κ3) is 3.08. The second kappa shape index (κ2) is 7.12. The maximum atomic E-state index is 12.5. The van der Waals surface area contributed by atoms with Crippen LogP contribution in [-0.2, 0) is 4.79 Å². The number of fused-ring (bicyclic) bond motifs is 2. The number of aromatic nitrogens is 1. The first kappa shape index (κ1) is 18.6. The fourth-order valence-corrected chi connectivity index (χ4v) is 4.54. The minimum absolute atomic E-state index is 0.0413. The summed E-state index contributed by atoms with van der Waals surface area (Å²) in [5, 5.41) is 12.0. The highest BCUT2D eigenvalue weighted by molar-refractivity contribution is 7.73. The number of rotatable bonds is 3. The first-order valence-corrected chi connectivity index (χ1v) is 10.1. The quantitative estimate of drug-likeness (QED) is 0.500. The minimum Gasteiger partial charge on any atom is -0.497 e. The van der Waals surface area contributed by atoms with Crippen LogP contribution < -0.4 is 24.8 Å². The van der Waals surface area contributed by atoms with E-state index in [0.29, 0.717) is 42.7 Å². The molecule has 9 heteroatoms. The third-order valence-corrected chi connectivity index (χ3v) is 6.04. The molecular formula is C21H14N2O5S2. The summed E-state index contributed by atoms with van der Waals surface area (Å²) in [6.07, 6.45) is 3.31. The Balaban J connectivity index is 1.58. The first-order valence-electron chi connectivity index (χ1n) is 8.89. The Kier molecular flexibility index (Phi) is 4.41. The van der Waals surface area contributed by atoms with Crippen LogP contribution in [0.4, 0.5) is 0 Å². The highest BCUT2D eigenvalue weighted by Gasteiger charge is 2.19. The lowest BCUT2D eigenvalue weighted by molar-refractivity contribution is -0.114. The van der Waals surface area contributed by atoms with Crippen molar-refractivity contribution in [2.45, 2.75) is 0 Å². The van der Waals surface area contributed by atoms with E-state index in [0.717, 1.165) is 5.22 Å². The number of thiazole rings is 1. The second-order valence-corrected chi connectivity index (χ2v) is 8.19. The molecule has 1 amide bonds. The molecule has 0 saturated heterocycles. The van der Waals surface area contributed by atoms with Gasteiger partial charge in [-0.05, 0) is 54.7 Å². The van der Waals surface area contributed by atoms with Gasteiger partial charge in [0.15, 0.2) is 15.5 Å². The summed E-state index contributed by atoms with van der Waals surface area (Å²) >= 11 is 6.63. The molecular weight excluding hydrogens is 424 g/mol. The molecule has 1 N–H and O–H groups in total. The van der Waals surface area contributed by atoms with Crippen molar-refractivity contribution < 1.29 is 24.1 Å². The largest absolute Gasteiger partial charge is 0.497 e. The number of hydrogen-bond acceptors (Lipinski definition) is 7. The molecule has 5 rings (SSSR count). The molecule has 0 radical (unpaired) electrons. The average Bonchev–Trinajstić information content (AvgIpc) is 3.30. The van der Waals surface area contributed by atoms with Gasteiger partial charge in [0.2, 0.25) is 12.7 Å². The number of aromatic hydroxyl groups is 1. The molecule has 0 aliphatic carbocycles. The van der Waals surface area contributed by atoms with Crippen molar-refractivity contribution in [2.24, 2.45) is 4.99 Å². The lowest BCUT2D eigenvalue weighted by atomic mass is 10.1. The summed E-state index contributed by atoms with van der Waals surface area (Å²) in [4.78, 5) is 17.1. The van der Waals surface area contributed by atoms with Crippen LogP contribution in [0.3, 0.4) is 0 Å². The van der Waals surface area contributed by atoms with Crippen molar-refractivity contribution in [1.82, 2.24) is 4.57 Å². The van der Waals surface area contributed by atoms with E-state index in [9.17, 15) is 9.90 Å². The molecule has 150 valence electrons. The molecule has 2 aliphatic heterocycles. The van der Waals surface area contributed by atoms with Gasteiger partial charge in [-0.2, -0.15) is 0 Å². The Morgan fingerprint density at radius 2 is 1.97 bits per heavy atom.